The number of methoxy groups -OCH3 is 1. The number of nitrogens with zero attached hydrogens (tertiary/aromatic N) is 5. The normalized spacial score (nSPS) is 10.5. The summed E-state index contributed by atoms with van der Waals surface area (Å²) < 4.78 is 6.55. The van der Waals surface area contributed by atoms with Crippen molar-refractivity contribution in [1.29, 1.82) is 0 Å². The Morgan fingerprint density at radius 3 is 3.00 bits per heavy atom. The van der Waals surface area contributed by atoms with Crippen LogP contribution in [0.25, 0.3) is 5.65 Å². The van der Waals surface area contributed by atoms with Gasteiger partial charge in [-0.1, -0.05) is 0 Å². The number of benzene rings is 1. The number of anilines is 2. The number of fused-ring (bicyclic) bond motifs is 1. The molecule has 0 atom stereocenters. The number of ether oxygens (including phenoxy) is 1. The summed E-state index contributed by atoms with van der Waals surface area (Å²) in [5.41, 5.74) is 1.21. The molecule has 0 saturated heterocycles. The average Bonchev–Trinajstić information content (AvgIpc) is 2.96. The first-order valence-electron chi connectivity index (χ1n) is 5.89. The number of hydrogen-bond donors (Lipinski definition) is 2. The highest BCUT2D eigenvalue weighted by molar-refractivity contribution is 5.91. The van der Waals surface area contributed by atoms with Gasteiger partial charge in [0.05, 0.1) is 19.5 Å². The van der Waals surface area contributed by atoms with Gasteiger partial charge in [0.25, 0.3) is 0 Å². The molecule has 9 nitrogen and oxygen atoms in total. The maximum Gasteiger partial charge on any atom is 0.339 e. The first-order chi connectivity index (χ1) is 10.2. The number of hydrogen-bond acceptors (Lipinski definition) is 7. The van der Waals surface area contributed by atoms with Gasteiger partial charge in [-0.25, -0.2) is 4.79 Å². The molecule has 0 saturated carbocycles. The molecule has 0 amide bonds. The van der Waals surface area contributed by atoms with Crippen molar-refractivity contribution in [3.05, 3.63) is 36.2 Å². The van der Waals surface area contributed by atoms with Crippen molar-refractivity contribution >= 4 is 23.1 Å². The number of tetrazole rings is 1. The fraction of sp³-hybridized carbons (Fsp3) is 0.0833. The second-order valence-electron chi connectivity index (χ2n) is 4.09. The lowest BCUT2D eigenvalue weighted by Crippen LogP contribution is -2.03. The highest BCUT2D eigenvalue weighted by atomic mass is 16.5. The van der Waals surface area contributed by atoms with Crippen molar-refractivity contribution in [3.8, 4) is 5.75 Å². The van der Waals surface area contributed by atoms with Gasteiger partial charge in [-0.2, -0.15) is 4.52 Å². The molecule has 2 heterocycles. The molecule has 3 aromatic rings. The molecule has 2 N–H and O–H groups in total. The molecular weight excluding hydrogens is 276 g/mol. The minimum atomic E-state index is -1.05. The van der Waals surface area contributed by atoms with Gasteiger partial charge in [0.2, 0.25) is 0 Å². The Morgan fingerprint density at radius 2 is 2.24 bits per heavy atom. The van der Waals surface area contributed by atoms with Crippen molar-refractivity contribution < 1.29 is 14.6 Å². The number of nitrogens with one attached hydrogen (secondary N) is 1. The van der Waals surface area contributed by atoms with E-state index in [1.54, 1.807) is 18.3 Å². The number of aromatic carboxylic acids is 1. The van der Waals surface area contributed by atoms with E-state index < -0.39 is 5.97 Å². The van der Waals surface area contributed by atoms with Crippen LogP contribution in [0.2, 0.25) is 0 Å². The zero-order chi connectivity index (χ0) is 14.8. The molecule has 0 aliphatic heterocycles. The molecule has 0 fully saturated rings. The first-order valence-corrected chi connectivity index (χ1v) is 5.89. The number of carboxylic acid groups (broad SMARTS) is 1. The van der Waals surface area contributed by atoms with E-state index in [1.165, 1.54) is 23.9 Å². The van der Waals surface area contributed by atoms with Crippen LogP contribution in [0.4, 0.5) is 11.5 Å². The number of rotatable bonds is 4. The van der Waals surface area contributed by atoms with E-state index in [1.807, 2.05) is 0 Å². The zero-order valence-corrected chi connectivity index (χ0v) is 10.9. The van der Waals surface area contributed by atoms with Gasteiger partial charge in [0.15, 0.2) is 11.5 Å². The van der Waals surface area contributed by atoms with Gasteiger partial charge in [0.1, 0.15) is 11.3 Å². The lowest BCUT2D eigenvalue weighted by atomic mass is 10.2. The number of aromatic nitrogens is 5. The summed E-state index contributed by atoms with van der Waals surface area (Å²) in [5.74, 6) is -0.255. The van der Waals surface area contributed by atoms with Gasteiger partial charge in [0, 0.05) is 11.8 Å². The van der Waals surface area contributed by atoms with Gasteiger partial charge < -0.3 is 15.2 Å². The Morgan fingerprint density at radius 1 is 1.38 bits per heavy atom. The highest BCUT2D eigenvalue weighted by Gasteiger charge is 2.12. The summed E-state index contributed by atoms with van der Waals surface area (Å²) in [7, 11) is 1.41. The third-order valence-corrected chi connectivity index (χ3v) is 2.81. The lowest BCUT2D eigenvalue weighted by Gasteiger charge is -2.10. The van der Waals surface area contributed by atoms with Crippen LogP contribution in [0.3, 0.4) is 0 Å². The highest BCUT2D eigenvalue weighted by Crippen LogP contribution is 2.25. The molecule has 0 unspecified atom stereocenters. The van der Waals surface area contributed by atoms with Gasteiger partial charge in [-0.05, 0) is 22.6 Å². The van der Waals surface area contributed by atoms with Crippen molar-refractivity contribution in [2.45, 2.75) is 0 Å². The predicted molar refractivity (Wildman–Crippen MR) is 71.8 cm³/mol. The third-order valence-electron chi connectivity index (χ3n) is 2.81. The maximum absolute atomic E-state index is 11.0. The summed E-state index contributed by atoms with van der Waals surface area (Å²) in [6.45, 7) is 0. The molecule has 2 aromatic heterocycles. The Kier molecular flexibility index (Phi) is 3.07. The van der Waals surface area contributed by atoms with E-state index in [2.05, 4.69) is 25.8 Å². The summed E-state index contributed by atoms with van der Waals surface area (Å²) in [6, 6.07) is 4.65. The summed E-state index contributed by atoms with van der Waals surface area (Å²) in [4.78, 5) is 15.1. The molecule has 9 heteroatoms. The van der Waals surface area contributed by atoms with Crippen molar-refractivity contribution in [2.24, 2.45) is 0 Å². The topological polar surface area (TPSA) is 115 Å². The molecular formula is C12H10N6O3. The Bertz CT molecular complexity index is 816. The summed E-state index contributed by atoms with van der Waals surface area (Å²) in [5, 5.41) is 23.3. The van der Waals surface area contributed by atoms with Crippen molar-refractivity contribution in [2.75, 3.05) is 12.4 Å². The number of carbonyl (C=O) groups is 1. The van der Waals surface area contributed by atoms with Gasteiger partial charge >= 0.3 is 5.97 Å². The largest absolute Gasteiger partial charge is 0.496 e. The molecule has 0 aliphatic rings. The van der Waals surface area contributed by atoms with E-state index in [4.69, 9.17) is 9.84 Å². The Hall–Kier alpha value is -3.23. The van der Waals surface area contributed by atoms with Crippen molar-refractivity contribution in [1.82, 2.24) is 25.0 Å². The molecule has 1 aromatic carbocycles. The van der Waals surface area contributed by atoms with Gasteiger partial charge in [-0.15, -0.1) is 5.10 Å². The number of carboxylic acids is 1. The SMILES string of the molecule is COc1cc(Nc2cncc3nnnn23)ccc1C(=O)O. The molecule has 0 spiro atoms. The standard InChI is InChI=1S/C12H10N6O3/c1-21-9-4-7(2-3-8(9)12(19)20)14-10-5-13-6-11-15-16-17-18(10)11/h2-6,14H,1H3,(H,19,20). The minimum absolute atomic E-state index is 0.0850. The van der Waals surface area contributed by atoms with Crippen LogP contribution in [0.1, 0.15) is 10.4 Å². The van der Waals surface area contributed by atoms with Gasteiger partial charge in [-0.3, -0.25) is 4.98 Å². The lowest BCUT2D eigenvalue weighted by molar-refractivity contribution is 0.0693. The second-order valence-corrected chi connectivity index (χ2v) is 4.09. The third kappa shape index (κ3) is 2.31. The van der Waals surface area contributed by atoms with E-state index in [-0.39, 0.29) is 11.3 Å². The Balaban J connectivity index is 1.98. The Labute approximate surface area is 118 Å². The van der Waals surface area contributed by atoms with Crippen LogP contribution in [-0.2, 0) is 0 Å². The van der Waals surface area contributed by atoms with Crippen LogP contribution in [-0.4, -0.2) is 43.2 Å². The zero-order valence-electron chi connectivity index (χ0n) is 10.9. The van der Waals surface area contributed by atoms with Crippen LogP contribution >= 0.6 is 0 Å². The molecule has 0 aliphatic carbocycles. The molecule has 0 bridgehead atoms. The quantitative estimate of drug-likeness (QED) is 0.729. The molecule has 3 rings (SSSR count). The van der Waals surface area contributed by atoms with E-state index in [0.717, 1.165) is 0 Å². The van der Waals surface area contributed by atoms with Crippen LogP contribution in [0, 0.1) is 0 Å². The molecule has 0 radical (unpaired) electrons. The molecule has 106 valence electrons. The minimum Gasteiger partial charge on any atom is -0.496 e. The van der Waals surface area contributed by atoms with Crippen LogP contribution < -0.4 is 10.1 Å². The van der Waals surface area contributed by atoms with E-state index in [0.29, 0.717) is 17.2 Å². The monoisotopic (exact) mass is 286 g/mol. The van der Waals surface area contributed by atoms with E-state index >= 15 is 0 Å². The summed E-state index contributed by atoms with van der Waals surface area (Å²) >= 11 is 0. The average molecular weight is 286 g/mol. The van der Waals surface area contributed by atoms with Crippen LogP contribution in [0.5, 0.6) is 5.75 Å². The maximum atomic E-state index is 11.0. The fourth-order valence-electron chi connectivity index (χ4n) is 1.85. The van der Waals surface area contributed by atoms with E-state index in [9.17, 15) is 4.79 Å². The van der Waals surface area contributed by atoms with Crippen molar-refractivity contribution in [3.63, 3.8) is 0 Å². The fourth-order valence-corrected chi connectivity index (χ4v) is 1.85. The second kappa shape index (κ2) is 5.04. The molecule has 21 heavy (non-hydrogen) atoms. The smallest absolute Gasteiger partial charge is 0.339 e. The van der Waals surface area contributed by atoms with Crippen LogP contribution in [0.15, 0.2) is 30.6 Å². The summed E-state index contributed by atoms with van der Waals surface area (Å²) in [6.07, 6.45) is 3.08. The first kappa shape index (κ1) is 12.8. The predicted octanol–water partition coefficient (Wildman–Crippen LogP) is 0.970.